The molecule has 0 saturated heterocycles. The maximum absolute atomic E-state index is 12.3. The lowest BCUT2D eigenvalue weighted by Crippen LogP contribution is -2.12. The summed E-state index contributed by atoms with van der Waals surface area (Å²) in [5, 5.41) is 7.69. The van der Waals surface area contributed by atoms with E-state index in [1.54, 1.807) is 30.2 Å². The normalized spacial score (nSPS) is 10.9. The molecule has 20 heavy (non-hydrogen) atoms. The van der Waals surface area contributed by atoms with Gasteiger partial charge < -0.3 is 11.1 Å². The van der Waals surface area contributed by atoms with Crippen LogP contribution in [0.25, 0.3) is 10.2 Å². The molecule has 6 nitrogen and oxygen atoms in total. The van der Waals surface area contributed by atoms with Crippen LogP contribution in [-0.4, -0.2) is 20.7 Å². The van der Waals surface area contributed by atoms with Crippen LogP contribution in [0, 0.1) is 6.92 Å². The minimum absolute atomic E-state index is 0.261. The number of nitrogens with zero attached hydrogens (tertiary/aromatic N) is 3. The number of hydrogen-bond donors (Lipinski definition) is 2. The number of hydrogen-bond acceptors (Lipinski definition) is 5. The van der Waals surface area contributed by atoms with Gasteiger partial charge in [-0.15, -0.1) is 11.3 Å². The van der Waals surface area contributed by atoms with E-state index in [9.17, 15) is 4.79 Å². The summed E-state index contributed by atoms with van der Waals surface area (Å²) in [7, 11) is 1.79. The van der Waals surface area contributed by atoms with Crippen LogP contribution in [-0.2, 0) is 7.05 Å². The smallest absolute Gasteiger partial charge is 0.269 e. The molecule has 3 aromatic heterocycles. The van der Waals surface area contributed by atoms with Crippen LogP contribution in [0.2, 0.25) is 0 Å². The third kappa shape index (κ3) is 2.01. The van der Waals surface area contributed by atoms with Gasteiger partial charge in [0.2, 0.25) is 0 Å². The predicted octanol–water partition coefficient (Wildman–Crippen LogP) is 2.17. The third-order valence-electron chi connectivity index (χ3n) is 3.00. The highest BCUT2D eigenvalue weighted by Crippen LogP contribution is 2.34. The van der Waals surface area contributed by atoms with E-state index in [-0.39, 0.29) is 5.91 Å². The second-order valence-corrected chi connectivity index (χ2v) is 5.48. The summed E-state index contributed by atoms with van der Waals surface area (Å²) in [5.74, 6) is 0.239. The molecule has 0 aliphatic rings. The molecule has 0 aliphatic heterocycles. The maximum Gasteiger partial charge on any atom is 0.269 e. The molecule has 0 spiro atoms. The van der Waals surface area contributed by atoms with Crippen molar-refractivity contribution in [2.75, 3.05) is 11.1 Å². The predicted molar refractivity (Wildman–Crippen MR) is 79.9 cm³/mol. The van der Waals surface area contributed by atoms with Gasteiger partial charge in [-0.2, -0.15) is 5.10 Å². The molecule has 0 atom stereocenters. The minimum Gasteiger partial charge on any atom is -0.397 e. The first-order valence-corrected chi connectivity index (χ1v) is 6.82. The molecule has 0 unspecified atom stereocenters. The van der Waals surface area contributed by atoms with E-state index in [4.69, 9.17) is 5.73 Å². The minimum atomic E-state index is -0.261. The van der Waals surface area contributed by atoms with Gasteiger partial charge in [0.15, 0.2) is 5.82 Å². The first kappa shape index (κ1) is 12.6. The number of thiophene rings is 1. The summed E-state index contributed by atoms with van der Waals surface area (Å²) in [4.78, 5) is 17.8. The van der Waals surface area contributed by atoms with Crippen LogP contribution < -0.4 is 11.1 Å². The Hall–Kier alpha value is -2.41. The third-order valence-corrected chi connectivity index (χ3v) is 4.11. The summed E-state index contributed by atoms with van der Waals surface area (Å²) in [6, 6.07) is 3.61. The molecular formula is C13H13N5OS. The van der Waals surface area contributed by atoms with E-state index in [0.29, 0.717) is 16.4 Å². The molecule has 0 radical (unpaired) electrons. The molecule has 3 rings (SSSR count). The fraction of sp³-hybridized carbons (Fsp3) is 0.154. The number of nitrogens with one attached hydrogen (secondary N) is 1. The fourth-order valence-corrected chi connectivity index (χ4v) is 3.06. The van der Waals surface area contributed by atoms with Gasteiger partial charge in [-0.3, -0.25) is 9.48 Å². The number of pyridine rings is 1. The Kier molecular flexibility index (Phi) is 2.90. The molecule has 3 N–H and O–H groups in total. The van der Waals surface area contributed by atoms with Crippen LogP contribution in [0.1, 0.15) is 15.2 Å². The van der Waals surface area contributed by atoms with Gasteiger partial charge >= 0.3 is 0 Å². The first-order valence-electron chi connectivity index (χ1n) is 6.01. The lowest BCUT2D eigenvalue weighted by Gasteiger charge is -2.01. The van der Waals surface area contributed by atoms with Crippen LogP contribution in [0.4, 0.5) is 11.5 Å². The van der Waals surface area contributed by atoms with E-state index >= 15 is 0 Å². The van der Waals surface area contributed by atoms with E-state index in [1.807, 2.05) is 13.0 Å². The Morgan fingerprint density at radius 3 is 2.90 bits per heavy atom. The largest absolute Gasteiger partial charge is 0.397 e. The second-order valence-electron chi connectivity index (χ2n) is 4.48. The summed E-state index contributed by atoms with van der Waals surface area (Å²) >= 11 is 1.29. The number of carbonyl (C=O) groups excluding carboxylic acids is 1. The molecule has 102 valence electrons. The number of fused-ring (bicyclic) bond motifs is 1. The molecular weight excluding hydrogens is 274 g/mol. The summed E-state index contributed by atoms with van der Waals surface area (Å²) in [5.41, 5.74) is 7.57. The Labute approximate surface area is 119 Å². The Bertz CT molecular complexity index is 804. The van der Waals surface area contributed by atoms with E-state index < -0.39 is 0 Å². The molecule has 0 aromatic carbocycles. The van der Waals surface area contributed by atoms with Gasteiger partial charge in [0, 0.05) is 30.9 Å². The topological polar surface area (TPSA) is 85.8 Å². The van der Waals surface area contributed by atoms with Gasteiger partial charge in [0.1, 0.15) is 9.71 Å². The molecule has 0 aliphatic carbocycles. The molecule has 3 heterocycles. The lowest BCUT2D eigenvalue weighted by molar-refractivity contribution is 0.103. The fourth-order valence-electron chi connectivity index (χ4n) is 2.03. The average Bonchev–Trinajstić information content (AvgIpc) is 2.95. The Morgan fingerprint density at radius 2 is 2.25 bits per heavy atom. The number of nitrogen functional groups attached to an aromatic ring is 1. The quantitative estimate of drug-likeness (QED) is 0.756. The molecule has 0 bridgehead atoms. The standard InChI is InChI=1S/C13H13N5OS/c1-7-3-5-15-13-9(7)10(14)11(20-13)12(19)16-8-4-6-18(2)17-8/h3-6H,14H2,1-2H3,(H,16,17,19). The molecule has 7 heteroatoms. The average molecular weight is 287 g/mol. The van der Waals surface area contributed by atoms with Gasteiger partial charge in [-0.05, 0) is 18.6 Å². The second kappa shape index (κ2) is 4.61. The summed E-state index contributed by atoms with van der Waals surface area (Å²) < 4.78 is 1.62. The SMILES string of the molecule is Cc1ccnc2sc(C(=O)Nc3ccn(C)n3)c(N)c12. The first-order chi connectivity index (χ1) is 9.56. The monoisotopic (exact) mass is 287 g/mol. The van der Waals surface area contributed by atoms with Crippen LogP contribution in [0.3, 0.4) is 0 Å². The van der Waals surface area contributed by atoms with Crippen molar-refractivity contribution in [1.29, 1.82) is 0 Å². The number of nitrogens with two attached hydrogens (primary N) is 1. The lowest BCUT2D eigenvalue weighted by atomic mass is 10.2. The number of anilines is 2. The van der Waals surface area contributed by atoms with Crippen molar-refractivity contribution in [3.8, 4) is 0 Å². The van der Waals surface area contributed by atoms with Crippen molar-refractivity contribution < 1.29 is 4.79 Å². The maximum atomic E-state index is 12.3. The number of aromatic nitrogens is 3. The van der Waals surface area contributed by atoms with E-state index in [2.05, 4.69) is 15.4 Å². The van der Waals surface area contributed by atoms with Gasteiger partial charge in [-0.25, -0.2) is 4.98 Å². The van der Waals surface area contributed by atoms with E-state index in [0.717, 1.165) is 15.8 Å². The van der Waals surface area contributed by atoms with E-state index in [1.165, 1.54) is 11.3 Å². The zero-order valence-corrected chi connectivity index (χ0v) is 11.9. The van der Waals surface area contributed by atoms with Crippen molar-refractivity contribution in [2.24, 2.45) is 7.05 Å². The van der Waals surface area contributed by atoms with Crippen molar-refractivity contribution in [3.63, 3.8) is 0 Å². The van der Waals surface area contributed by atoms with Crippen LogP contribution in [0.5, 0.6) is 0 Å². The molecule has 0 fully saturated rings. The van der Waals surface area contributed by atoms with Crippen molar-refractivity contribution in [3.05, 3.63) is 35.0 Å². The Morgan fingerprint density at radius 1 is 1.45 bits per heavy atom. The van der Waals surface area contributed by atoms with Crippen molar-refractivity contribution in [1.82, 2.24) is 14.8 Å². The van der Waals surface area contributed by atoms with Gasteiger partial charge in [0.05, 0.1) is 5.69 Å². The number of carbonyl (C=O) groups is 1. The molecule has 1 amide bonds. The van der Waals surface area contributed by atoms with Crippen LogP contribution >= 0.6 is 11.3 Å². The zero-order valence-electron chi connectivity index (χ0n) is 11.0. The summed E-state index contributed by atoms with van der Waals surface area (Å²) in [6.07, 6.45) is 3.48. The highest BCUT2D eigenvalue weighted by molar-refractivity contribution is 7.21. The van der Waals surface area contributed by atoms with Gasteiger partial charge in [-0.1, -0.05) is 0 Å². The molecule has 0 saturated carbocycles. The van der Waals surface area contributed by atoms with Crippen LogP contribution in [0.15, 0.2) is 24.5 Å². The number of rotatable bonds is 2. The van der Waals surface area contributed by atoms with Crippen molar-refractivity contribution >= 4 is 39.0 Å². The number of amides is 1. The highest BCUT2D eigenvalue weighted by atomic mass is 32.1. The zero-order chi connectivity index (χ0) is 14.3. The Balaban J connectivity index is 1.99. The van der Waals surface area contributed by atoms with Gasteiger partial charge in [0.25, 0.3) is 5.91 Å². The number of aryl methyl sites for hydroxylation is 2. The highest BCUT2D eigenvalue weighted by Gasteiger charge is 2.18. The molecule has 3 aromatic rings. The summed E-state index contributed by atoms with van der Waals surface area (Å²) in [6.45, 7) is 1.95. The van der Waals surface area contributed by atoms with Crippen molar-refractivity contribution in [2.45, 2.75) is 6.92 Å².